The molecule has 2 nitrogen and oxygen atoms in total. The molecule has 0 aromatic carbocycles. The van der Waals surface area contributed by atoms with Crippen molar-refractivity contribution in [2.75, 3.05) is 12.4 Å². The van der Waals surface area contributed by atoms with Gasteiger partial charge in [0.05, 0.1) is 11.9 Å². The predicted molar refractivity (Wildman–Crippen MR) is 54.8 cm³/mol. The van der Waals surface area contributed by atoms with Gasteiger partial charge in [-0.3, -0.25) is 0 Å². The molecule has 2 unspecified atom stereocenters. The van der Waals surface area contributed by atoms with E-state index in [0.717, 1.165) is 32.3 Å². The van der Waals surface area contributed by atoms with Crippen LogP contribution in [0, 0.1) is 0 Å². The van der Waals surface area contributed by atoms with Gasteiger partial charge in [-0.25, -0.2) is 0 Å². The molecule has 13 heavy (non-hydrogen) atoms. The molecule has 0 amide bonds. The molecule has 1 aliphatic heterocycles. The van der Waals surface area contributed by atoms with E-state index in [-0.39, 0.29) is 0 Å². The van der Waals surface area contributed by atoms with E-state index in [1.807, 2.05) is 11.8 Å². The van der Waals surface area contributed by atoms with Gasteiger partial charge < -0.3 is 9.84 Å². The van der Waals surface area contributed by atoms with Gasteiger partial charge >= 0.3 is 0 Å². The molecule has 2 atom stereocenters. The summed E-state index contributed by atoms with van der Waals surface area (Å²) in [6, 6.07) is 0. The van der Waals surface area contributed by atoms with Gasteiger partial charge in [-0.15, -0.1) is 0 Å². The maximum absolute atomic E-state index is 10.3. The Balaban J connectivity index is 2.02. The molecule has 0 aromatic heterocycles. The van der Waals surface area contributed by atoms with Crippen LogP contribution in [0.3, 0.4) is 0 Å². The molecule has 1 aliphatic carbocycles. The van der Waals surface area contributed by atoms with Crippen molar-refractivity contribution in [2.24, 2.45) is 0 Å². The van der Waals surface area contributed by atoms with Gasteiger partial charge in [0, 0.05) is 6.42 Å². The average Bonchev–Trinajstić information content (AvgIpc) is 2.09. The van der Waals surface area contributed by atoms with Crippen LogP contribution in [0.4, 0.5) is 0 Å². The zero-order valence-electron chi connectivity index (χ0n) is 8.00. The van der Waals surface area contributed by atoms with Crippen LogP contribution < -0.4 is 0 Å². The van der Waals surface area contributed by atoms with Crippen molar-refractivity contribution in [3.63, 3.8) is 0 Å². The quantitative estimate of drug-likeness (QED) is 0.653. The Hall–Kier alpha value is 0.270. The largest absolute Gasteiger partial charge is 0.365 e. The monoisotopic (exact) mass is 202 g/mol. The highest BCUT2D eigenvalue weighted by atomic mass is 32.2. The van der Waals surface area contributed by atoms with Crippen molar-refractivity contribution in [1.29, 1.82) is 0 Å². The van der Waals surface area contributed by atoms with E-state index in [4.69, 9.17) is 4.74 Å². The summed E-state index contributed by atoms with van der Waals surface area (Å²) in [5.41, 5.74) is 0. The van der Waals surface area contributed by atoms with E-state index in [9.17, 15) is 5.11 Å². The second-order valence-electron chi connectivity index (χ2n) is 4.01. The predicted octanol–water partition coefficient (Wildman–Crippen LogP) is 2.16. The van der Waals surface area contributed by atoms with Crippen LogP contribution in [-0.2, 0) is 4.74 Å². The van der Waals surface area contributed by atoms with E-state index >= 15 is 0 Å². The van der Waals surface area contributed by atoms with Crippen LogP contribution >= 0.6 is 11.8 Å². The molecule has 1 N–H and O–H groups in total. The van der Waals surface area contributed by atoms with E-state index in [2.05, 4.69) is 0 Å². The molecule has 2 fully saturated rings. The molecule has 2 aliphatic rings. The maximum Gasteiger partial charge on any atom is 0.177 e. The first-order valence-corrected chi connectivity index (χ1v) is 6.34. The van der Waals surface area contributed by atoms with Crippen LogP contribution in [-0.4, -0.2) is 28.5 Å². The minimum atomic E-state index is -0.788. The summed E-state index contributed by atoms with van der Waals surface area (Å²) >= 11 is 1.91. The third kappa shape index (κ3) is 2.20. The molecule has 1 heterocycles. The van der Waals surface area contributed by atoms with E-state index in [1.54, 1.807) is 0 Å². The topological polar surface area (TPSA) is 29.5 Å². The summed E-state index contributed by atoms with van der Waals surface area (Å²) in [7, 11) is 0. The van der Waals surface area contributed by atoms with Gasteiger partial charge in [-0.2, -0.15) is 11.8 Å². The standard InChI is InChI=1S/C10H18O2S/c11-10-6-2-1-5-9(10)13-8-4-3-7-12-10/h9,11H,1-8H2. The molecule has 76 valence electrons. The van der Waals surface area contributed by atoms with E-state index < -0.39 is 5.79 Å². The molecule has 1 saturated heterocycles. The lowest BCUT2D eigenvalue weighted by Crippen LogP contribution is -2.46. The first kappa shape index (κ1) is 9.81. The minimum Gasteiger partial charge on any atom is -0.365 e. The maximum atomic E-state index is 10.3. The number of hydrogen-bond donors (Lipinski definition) is 1. The fourth-order valence-electron chi connectivity index (χ4n) is 2.15. The molecule has 0 bridgehead atoms. The Morgan fingerprint density at radius 3 is 3.08 bits per heavy atom. The Bertz CT molecular complexity index is 174. The Morgan fingerprint density at radius 1 is 1.23 bits per heavy atom. The lowest BCUT2D eigenvalue weighted by atomic mass is 9.93. The van der Waals surface area contributed by atoms with Gasteiger partial charge in [0.15, 0.2) is 5.79 Å². The van der Waals surface area contributed by atoms with Crippen LogP contribution in [0.1, 0.15) is 38.5 Å². The normalized spacial score (nSPS) is 41.8. The van der Waals surface area contributed by atoms with Crippen LogP contribution in [0.25, 0.3) is 0 Å². The van der Waals surface area contributed by atoms with Crippen molar-refractivity contribution in [1.82, 2.24) is 0 Å². The first-order valence-electron chi connectivity index (χ1n) is 5.29. The van der Waals surface area contributed by atoms with Crippen LogP contribution in [0.2, 0.25) is 0 Å². The van der Waals surface area contributed by atoms with E-state index in [0.29, 0.717) is 5.25 Å². The lowest BCUT2D eigenvalue weighted by Gasteiger charge is -2.40. The summed E-state index contributed by atoms with van der Waals surface area (Å²) < 4.78 is 5.61. The second-order valence-corrected chi connectivity index (χ2v) is 5.32. The molecular weight excluding hydrogens is 184 g/mol. The molecule has 1 saturated carbocycles. The number of ether oxygens (including phenoxy) is 1. The highest BCUT2D eigenvalue weighted by Gasteiger charge is 2.40. The zero-order valence-corrected chi connectivity index (χ0v) is 8.81. The molecular formula is C10H18O2S. The van der Waals surface area contributed by atoms with Crippen molar-refractivity contribution in [2.45, 2.75) is 49.6 Å². The smallest absolute Gasteiger partial charge is 0.177 e. The van der Waals surface area contributed by atoms with Gasteiger partial charge in [0.2, 0.25) is 0 Å². The van der Waals surface area contributed by atoms with Gasteiger partial charge in [0.1, 0.15) is 0 Å². The average molecular weight is 202 g/mol. The van der Waals surface area contributed by atoms with Crippen molar-refractivity contribution < 1.29 is 9.84 Å². The Labute approximate surface area is 84.0 Å². The summed E-state index contributed by atoms with van der Waals surface area (Å²) in [6.07, 6.45) is 6.67. The number of thioether (sulfide) groups is 1. The Kier molecular flexibility index (Phi) is 3.17. The molecule has 2 rings (SSSR count). The number of hydrogen-bond acceptors (Lipinski definition) is 3. The van der Waals surface area contributed by atoms with Crippen LogP contribution in [0.5, 0.6) is 0 Å². The van der Waals surface area contributed by atoms with Gasteiger partial charge in [0.25, 0.3) is 0 Å². The summed E-state index contributed by atoms with van der Waals surface area (Å²) in [6.45, 7) is 0.744. The highest BCUT2D eigenvalue weighted by Crippen LogP contribution is 2.39. The van der Waals surface area contributed by atoms with E-state index in [1.165, 1.54) is 18.6 Å². The highest BCUT2D eigenvalue weighted by molar-refractivity contribution is 7.99. The van der Waals surface area contributed by atoms with Gasteiger partial charge in [-0.1, -0.05) is 6.42 Å². The first-order chi connectivity index (χ1) is 6.31. The Morgan fingerprint density at radius 2 is 2.15 bits per heavy atom. The number of aliphatic hydroxyl groups is 1. The third-order valence-corrected chi connectivity index (χ3v) is 4.49. The number of rotatable bonds is 0. The molecule has 3 heteroatoms. The molecule has 0 radical (unpaired) electrons. The lowest BCUT2D eigenvalue weighted by molar-refractivity contribution is -0.216. The third-order valence-electron chi connectivity index (χ3n) is 2.96. The summed E-state index contributed by atoms with van der Waals surface area (Å²) in [5, 5.41) is 10.6. The SMILES string of the molecule is OC12CCCCC1SCCCCO2. The second kappa shape index (κ2) is 4.20. The van der Waals surface area contributed by atoms with Gasteiger partial charge in [-0.05, 0) is 31.4 Å². The summed E-state index contributed by atoms with van der Waals surface area (Å²) in [5.74, 6) is 0.402. The number of fused-ring (bicyclic) bond motifs is 1. The molecule has 0 aromatic rings. The summed E-state index contributed by atoms with van der Waals surface area (Å²) in [4.78, 5) is 0. The van der Waals surface area contributed by atoms with Crippen molar-refractivity contribution in [3.05, 3.63) is 0 Å². The minimum absolute atomic E-state index is 0.335. The zero-order chi connectivity index (χ0) is 9.15. The van der Waals surface area contributed by atoms with Crippen LogP contribution in [0.15, 0.2) is 0 Å². The van der Waals surface area contributed by atoms with Crippen molar-refractivity contribution in [3.8, 4) is 0 Å². The molecule has 0 spiro atoms. The van der Waals surface area contributed by atoms with Crippen molar-refractivity contribution >= 4 is 11.8 Å². The fraction of sp³-hybridized carbons (Fsp3) is 1.00. The fourth-order valence-corrected chi connectivity index (χ4v) is 3.59.